The first-order valence-corrected chi connectivity index (χ1v) is 7.95. The Hall–Kier alpha value is -2.41. The Balaban J connectivity index is 2.02. The number of anilines is 1. The number of hydrogen-bond acceptors (Lipinski definition) is 5. The molecule has 0 spiro atoms. The Bertz CT molecular complexity index is 794. The summed E-state index contributed by atoms with van der Waals surface area (Å²) in [6.07, 6.45) is 2.09. The van der Waals surface area contributed by atoms with Crippen molar-refractivity contribution in [3.63, 3.8) is 0 Å². The van der Waals surface area contributed by atoms with E-state index in [1.807, 2.05) is 0 Å². The maximum absolute atomic E-state index is 13.0. The summed E-state index contributed by atoms with van der Waals surface area (Å²) >= 11 is 5.87. The monoisotopic (exact) mass is 349 g/mol. The van der Waals surface area contributed by atoms with E-state index in [0.29, 0.717) is 35.2 Å². The Morgan fingerprint density at radius 1 is 1.46 bits per heavy atom. The van der Waals surface area contributed by atoms with Crippen LogP contribution in [0.25, 0.3) is 0 Å². The lowest BCUT2D eigenvalue weighted by molar-refractivity contribution is -0.384. The standard InChI is InChI=1S/C16H16ClN3O4/c1-9-15(10(2)24-18-9)16(21)19(8-11-3-4-11)12-5-6-13(17)14(7-12)20(22)23/h5-7,11H,3-4,8H2,1-2H3. The minimum absolute atomic E-state index is 0.0416. The van der Waals surface area contributed by atoms with Gasteiger partial charge in [0.2, 0.25) is 0 Å². The molecule has 0 unspecified atom stereocenters. The molecule has 3 rings (SSSR count). The van der Waals surface area contributed by atoms with Gasteiger partial charge in [-0.3, -0.25) is 14.9 Å². The number of nitrogens with zero attached hydrogens (tertiary/aromatic N) is 3. The molecule has 2 aromatic rings. The molecule has 1 saturated carbocycles. The number of nitro benzene ring substituents is 1. The molecule has 1 heterocycles. The van der Waals surface area contributed by atoms with Crippen LogP contribution in [0.15, 0.2) is 22.7 Å². The predicted octanol–water partition coefficient (Wildman–Crippen LogP) is 3.91. The summed E-state index contributed by atoms with van der Waals surface area (Å²) in [5, 5.41) is 15.0. The van der Waals surface area contributed by atoms with Gasteiger partial charge in [0.05, 0.1) is 16.3 Å². The smallest absolute Gasteiger partial charge is 0.289 e. The topological polar surface area (TPSA) is 89.5 Å². The van der Waals surface area contributed by atoms with Crippen LogP contribution in [0.4, 0.5) is 11.4 Å². The Morgan fingerprint density at radius 2 is 2.17 bits per heavy atom. The third-order valence-electron chi connectivity index (χ3n) is 4.07. The minimum atomic E-state index is -0.554. The zero-order valence-corrected chi connectivity index (χ0v) is 14.0. The molecule has 7 nitrogen and oxygen atoms in total. The number of amides is 1. The fourth-order valence-electron chi connectivity index (χ4n) is 2.60. The number of aryl methyl sites for hydroxylation is 2. The summed E-state index contributed by atoms with van der Waals surface area (Å²) in [4.78, 5) is 25.1. The second kappa shape index (κ2) is 6.24. The molecule has 0 N–H and O–H groups in total. The Morgan fingerprint density at radius 3 is 2.71 bits per heavy atom. The van der Waals surface area contributed by atoms with Gasteiger partial charge in [-0.2, -0.15) is 0 Å². The van der Waals surface area contributed by atoms with Crippen molar-refractivity contribution in [1.29, 1.82) is 0 Å². The van der Waals surface area contributed by atoms with Crippen molar-refractivity contribution in [2.24, 2.45) is 5.92 Å². The molecule has 1 fully saturated rings. The average molecular weight is 350 g/mol. The molecule has 126 valence electrons. The maximum Gasteiger partial charge on any atom is 0.289 e. The van der Waals surface area contributed by atoms with Gasteiger partial charge in [0.1, 0.15) is 16.3 Å². The van der Waals surface area contributed by atoms with Crippen LogP contribution in [0.2, 0.25) is 5.02 Å². The van der Waals surface area contributed by atoms with Gasteiger partial charge in [0, 0.05) is 12.6 Å². The first-order valence-electron chi connectivity index (χ1n) is 7.57. The molecule has 8 heteroatoms. The molecule has 0 saturated heterocycles. The van der Waals surface area contributed by atoms with Gasteiger partial charge >= 0.3 is 0 Å². The van der Waals surface area contributed by atoms with Crippen LogP contribution >= 0.6 is 11.6 Å². The molecule has 0 radical (unpaired) electrons. The molecule has 0 bridgehead atoms. The number of hydrogen-bond donors (Lipinski definition) is 0. The van der Waals surface area contributed by atoms with Crippen LogP contribution in [0.3, 0.4) is 0 Å². The van der Waals surface area contributed by atoms with Crippen molar-refractivity contribution >= 4 is 28.9 Å². The van der Waals surface area contributed by atoms with Crippen LogP contribution in [0, 0.1) is 29.9 Å². The molecule has 24 heavy (non-hydrogen) atoms. The Kier molecular flexibility index (Phi) is 4.28. The van der Waals surface area contributed by atoms with Gasteiger partial charge in [-0.1, -0.05) is 16.8 Å². The van der Waals surface area contributed by atoms with Gasteiger partial charge in [-0.25, -0.2) is 0 Å². The molecule has 0 atom stereocenters. The lowest BCUT2D eigenvalue weighted by Gasteiger charge is -2.22. The van der Waals surface area contributed by atoms with Crippen LogP contribution < -0.4 is 4.90 Å². The highest BCUT2D eigenvalue weighted by atomic mass is 35.5. The number of aromatic nitrogens is 1. The van der Waals surface area contributed by atoms with E-state index >= 15 is 0 Å². The minimum Gasteiger partial charge on any atom is -0.361 e. The van der Waals surface area contributed by atoms with E-state index in [2.05, 4.69) is 5.16 Å². The lowest BCUT2D eigenvalue weighted by atomic mass is 10.1. The van der Waals surface area contributed by atoms with Gasteiger partial charge in [-0.05, 0) is 44.7 Å². The van der Waals surface area contributed by atoms with Crippen LogP contribution in [0.1, 0.15) is 34.7 Å². The summed E-state index contributed by atoms with van der Waals surface area (Å²) in [5.41, 5.74) is 1.12. The van der Waals surface area contributed by atoms with E-state index in [1.165, 1.54) is 12.1 Å². The van der Waals surface area contributed by atoms with Gasteiger partial charge in [0.15, 0.2) is 0 Å². The highest BCUT2D eigenvalue weighted by Crippen LogP contribution is 2.35. The van der Waals surface area contributed by atoms with Crippen molar-refractivity contribution in [2.75, 3.05) is 11.4 Å². The molecule has 1 aromatic heterocycles. The molecule has 1 amide bonds. The zero-order valence-electron chi connectivity index (χ0n) is 13.3. The summed E-state index contributed by atoms with van der Waals surface area (Å²) in [6, 6.07) is 4.39. The number of carbonyl (C=O) groups excluding carboxylic acids is 1. The number of benzene rings is 1. The maximum atomic E-state index is 13.0. The average Bonchev–Trinajstić information content (AvgIpc) is 3.29. The van der Waals surface area contributed by atoms with Crippen molar-refractivity contribution in [3.8, 4) is 0 Å². The van der Waals surface area contributed by atoms with Crippen molar-refractivity contribution in [3.05, 3.63) is 50.4 Å². The SMILES string of the molecule is Cc1noc(C)c1C(=O)N(CC1CC1)c1ccc(Cl)c([N+](=O)[O-])c1. The second-order valence-corrected chi connectivity index (χ2v) is 6.36. The summed E-state index contributed by atoms with van der Waals surface area (Å²) in [5.74, 6) is 0.570. The van der Waals surface area contributed by atoms with E-state index in [-0.39, 0.29) is 16.6 Å². The van der Waals surface area contributed by atoms with Crippen molar-refractivity contribution < 1.29 is 14.2 Å². The number of halogens is 1. The molecule has 1 aliphatic rings. The highest BCUT2D eigenvalue weighted by molar-refractivity contribution is 6.32. The zero-order chi connectivity index (χ0) is 17.4. The quantitative estimate of drug-likeness (QED) is 0.603. The fourth-order valence-corrected chi connectivity index (χ4v) is 2.78. The second-order valence-electron chi connectivity index (χ2n) is 5.95. The molecule has 1 aromatic carbocycles. The molecular weight excluding hydrogens is 334 g/mol. The summed E-state index contributed by atoms with van der Waals surface area (Å²) < 4.78 is 5.08. The van der Waals surface area contributed by atoms with Crippen LogP contribution in [0.5, 0.6) is 0 Å². The number of nitro groups is 1. The molecule has 0 aliphatic heterocycles. The first-order chi connectivity index (χ1) is 11.4. The van der Waals surface area contributed by atoms with Crippen molar-refractivity contribution in [2.45, 2.75) is 26.7 Å². The third-order valence-corrected chi connectivity index (χ3v) is 4.39. The van der Waals surface area contributed by atoms with E-state index in [0.717, 1.165) is 12.8 Å². The first kappa shape index (κ1) is 16.4. The van der Waals surface area contributed by atoms with Gasteiger partial charge in [-0.15, -0.1) is 0 Å². The number of carbonyl (C=O) groups is 1. The number of rotatable bonds is 5. The third kappa shape index (κ3) is 3.12. The van der Waals surface area contributed by atoms with E-state index in [9.17, 15) is 14.9 Å². The lowest BCUT2D eigenvalue weighted by Crippen LogP contribution is -2.33. The van der Waals surface area contributed by atoms with Crippen molar-refractivity contribution in [1.82, 2.24) is 5.16 Å². The fraction of sp³-hybridized carbons (Fsp3) is 0.375. The normalized spacial score (nSPS) is 13.8. The highest BCUT2D eigenvalue weighted by Gasteiger charge is 2.31. The van der Waals surface area contributed by atoms with E-state index < -0.39 is 4.92 Å². The van der Waals surface area contributed by atoms with E-state index in [1.54, 1.807) is 24.8 Å². The molecule has 1 aliphatic carbocycles. The van der Waals surface area contributed by atoms with Gasteiger partial charge in [0.25, 0.3) is 11.6 Å². The Labute approximate surface area is 143 Å². The van der Waals surface area contributed by atoms with Crippen LogP contribution in [-0.2, 0) is 0 Å². The molecular formula is C16H16ClN3O4. The summed E-state index contributed by atoms with van der Waals surface area (Å²) in [6.45, 7) is 3.87. The van der Waals surface area contributed by atoms with Crippen LogP contribution in [-0.4, -0.2) is 22.5 Å². The summed E-state index contributed by atoms with van der Waals surface area (Å²) in [7, 11) is 0. The largest absolute Gasteiger partial charge is 0.361 e. The van der Waals surface area contributed by atoms with E-state index in [4.69, 9.17) is 16.1 Å². The van der Waals surface area contributed by atoms with Gasteiger partial charge < -0.3 is 9.42 Å². The predicted molar refractivity (Wildman–Crippen MR) is 88.5 cm³/mol.